The topological polar surface area (TPSA) is 128 Å². The first-order valence-electron chi connectivity index (χ1n) is 20.1. The van der Waals surface area contributed by atoms with Gasteiger partial charge in [0.15, 0.2) is 17.7 Å². The summed E-state index contributed by atoms with van der Waals surface area (Å²) in [6.07, 6.45) is 8.54. The molecule has 57 heavy (non-hydrogen) atoms. The summed E-state index contributed by atoms with van der Waals surface area (Å²) >= 11 is 0. The molecular weight excluding hydrogens is 739 g/mol. The van der Waals surface area contributed by atoms with Crippen LogP contribution in [0.2, 0.25) is 0 Å². The van der Waals surface area contributed by atoms with Gasteiger partial charge in [0.2, 0.25) is 0 Å². The number of H-pyrrole nitrogens is 1. The van der Waals surface area contributed by atoms with Gasteiger partial charge in [-0.3, -0.25) is 14.3 Å². The lowest BCUT2D eigenvalue weighted by atomic mass is 9.79. The van der Waals surface area contributed by atoms with Crippen molar-refractivity contribution in [3.8, 4) is 11.8 Å². The predicted molar refractivity (Wildman–Crippen MR) is 222 cm³/mol. The minimum absolute atomic E-state index is 0.0383. The van der Waals surface area contributed by atoms with Gasteiger partial charge in [-0.25, -0.2) is 9.46 Å². The van der Waals surface area contributed by atoms with Crippen LogP contribution in [-0.4, -0.2) is 47.1 Å². The highest BCUT2D eigenvalue weighted by molar-refractivity contribution is 7.44. The van der Waals surface area contributed by atoms with E-state index in [1.165, 1.54) is 54.9 Å². The Morgan fingerprint density at radius 3 is 2.23 bits per heavy atom. The second-order valence-corrected chi connectivity index (χ2v) is 16.3. The molecule has 6 rings (SSSR count). The standard InChI is InChI=1S/C45H55N4O7P/c1-6-49(32(2)3)57(54-28-14-27-46)56-40-29-42(48-30-33(4)43(50)47-44(48)51)55-41(40)31-53-45(36-17-12-9-13-18-36,38-23-25-39(52-5)26-24-38)37-21-19-35(20-22-37)34-15-10-7-8-11-16-34/h9,12-13,17-26,30,32,34,42H,6-8,10-11,14-16,28-29,31H2,1-5H3,(H,47,50,51). The molecule has 2 heterocycles. The van der Waals surface area contributed by atoms with E-state index in [9.17, 15) is 14.9 Å². The number of aromatic amines is 1. The van der Waals surface area contributed by atoms with Crippen molar-refractivity contribution in [2.45, 2.75) is 103 Å². The number of nitriles is 1. The zero-order valence-corrected chi connectivity index (χ0v) is 34.6. The van der Waals surface area contributed by atoms with Gasteiger partial charge in [0.1, 0.15) is 18.0 Å². The lowest BCUT2D eigenvalue weighted by molar-refractivity contribution is -0.0133. The molecule has 3 aromatic carbocycles. The molecule has 1 fully saturated rings. The quantitative estimate of drug-likeness (QED) is 0.0481. The fourth-order valence-corrected chi connectivity index (χ4v) is 9.34. The van der Waals surface area contributed by atoms with Crippen LogP contribution in [0.4, 0.5) is 0 Å². The van der Waals surface area contributed by atoms with E-state index >= 15 is 0 Å². The molecule has 3 atom stereocenters. The van der Waals surface area contributed by atoms with Crippen LogP contribution in [0.15, 0.2) is 106 Å². The number of benzene rings is 3. The monoisotopic (exact) mass is 794 g/mol. The Balaban J connectivity index is 1.45. The van der Waals surface area contributed by atoms with Gasteiger partial charge in [0, 0.05) is 24.3 Å². The van der Waals surface area contributed by atoms with Gasteiger partial charge in [-0.1, -0.05) is 99.3 Å². The molecule has 1 saturated carbocycles. The molecule has 0 radical (unpaired) electrons. The largest absolute Gasteiger partial charge is 0.497 e. The van der Waals surface area contributed by atoms with Crippen molar-refractivity contribution < 1.29 is 23.3 Å². The van der Waals surface area contributed by atoms with Gasteiger partial charge in [0.25, 0.3) is 5.56 Å². The normalized spacial score (nSPS) is 17.8. The summed E-state index contributed by atoms with van der Waals surface area (Å²) in [4.78, 5) is 27.9. The Kier molecular flexibility index (Phi) is 14.4. The Hall–Kier alpha value is -4.72. The van der Waals surface area contributed by atoms with Gasteiger partial charge in [0.05, 0.1) is 32.6 Å². The first-order valence-corrected chi connectivity index (χ1v) is 21.2. The number of methoxy groups -OCH3 is 1. The van der Waals surface area contributed by atoms with E-state index in [-0.39, 0.29) is 32.1 Å². The lowest BCUT2D eigenvalue weighted by Gasteiger charge is -2.36. The minimum Gasteiger partial charge on any atom is -0.497 e. The van der Waals surface area contributed by atoms with E-state index < -0.39 is 31.6 Å². The zero-order chi connectivity index (χ0) is 40.4. The van der Waals surface area contributed by atoms with Crippen molar-refractivity contribution >= 4 is 8.53 Å². The fourth-order valence-electron chi connectivity index (χ4n) is 7.81. The summed E-state index contributed by atoms with van der Waals surface area (Å²) in [5, 5.41) is 9.30. The molecule has 302 valence electrons. The summed E-state index contributed by atoms with van der Waals surface area (Å²) < 4.78 is 36.0. The van der Waals surface area contributed by atoms with Gasteiger partial charge >= 0.3 is 14.2 Å². The molecule has 11 nitrogen and oxygen atoms in total. The molecule has 0 spiro atoms. The zero-order valence-electron chi connectivity index (χ0n) is 33.7. The summed E-state index contributed by atoms with van der Waals surface area (Å²) in [5.41, 5.74) is 2.32. The fraction of sp³-hybridized carbons (Fsp3) is 0.444. The number of nitrogens with zero attached hydrogens (tertiary/aromatic N) is 3. The molecule has 3 unspecified atom stereocenters. The van der Waals surface area contributed by atoms with Crippen molar-refractivity contribution in [1.82, 2.24) is 14.2 Å². The van der Waals surface area contributed by atoms with Crippen molar-refractivity contribution in [2.75, 3.05) is 26.9 Å². The third kappa shape index (κ3) is 9.70. The number of aromatic nitrogens is 2. The van der Waals surface area contributed by atoms with E-state index in [2.05, 4.69) is 66.0 Å². The van der Waals surface area contributed by atoms with Gasteiger partial charge in [-0.15, -0.1) is 0 Å². The number of nitrogens with one attached hydrogen (secondary N) is 1. The third-order valence-corrected chi connectivity index (χ3v) is 12.8. The van der Waals surface area contributed by atoms with Crippen LogP contribution in [0.3, 0.4) is 0 Å². The lowest BCUT2D eigenvalue weighted by Crippen LogP contribution is -2.34. The van der Waals surface area contributed by atoms with Crippen molar-refractivity contribution in [1.29, 1.82) is 5.26 Å². The van der Waals surface area contributed by atoms with Crippen molar-refractivity contribution in [3.05, 3.63) is 145 Å². The molecule has 0 bridgehead atoms. The van der Waals surface area contributed by atoms with Crippen LogP contribution in [0.25, 0.3) is 0 Å². The number of hydrogen-bond acceptors (Lipinski definition) is 9. The van der Waals surface area contributed by atoms with Crippen LogP contribution in [0.1, 0.15) is 112 Å². The van der Waals surface area contributed by atoms with Gasteiger partial charge in [-0.2, -0.15) is 5.26 Å². The number of rotatable bonds is 17. The molecule has 0 saturated heterocycles. The molecular formula is C45H55N4O7P. The second-order valence-electron chi connectivity index (χ2n) is 14.9. The molecule has 1 aliphatic heterocycles. The minimum atomic E-state index is -1.68. The average molecular weight is 795 g/mol. The summed E-state index contributed by atoms with van der Waals surface area (Å²) in [5.74, 6) is 2.12. The van der Waals surface area contributed by atoms with Gasteiger partial charge in [-0.05, 0) is 73.9 Å². The molecule has 1 aliphatic carbocycles. The van der Waals surface area contributed by atoms with Crippen LogP contribution in [-0.2, 0) is 24.1 Å². The SMILES string of the molecule is CCN(C(C)C)P(OCCC#N)OC1=C(COC(c2ccccc2)(c2ccc(OC)cc2)c2ccc(C3CCCCCC3)cc2)OC(n2cc(C)c(=O)[nH]c2=O)C1. The third-order valence-electron chi connectivity index (χ3n) is 10.9. The number of hydrogen-bond donors (Lipinski definition) is 1. The van der Waals surface area contributed by atoms with Crippen LogP contribution in [0, 0.1) is 18.3 Å². The van der Waals surface area contributed by atoms with Crippen molar-refractivity contribution in [2.24, 2.45) is 0 Å². The molecule has 12 heteroatoms. The molecule has 4 aromatic rings. The van der Waals surface area contributed by atoms with E-state index in [4.69, 9.17) is 23.3 Å². The Labute approximate surface area is 337 Å². The maximum absolute atomic E-state index is 13.2. The predicted octanol–water partition coefficient (Wildman–Crippen LogP) is 9.33. The molecule has 2 aliphatic rings. The van der Waals surface area contributed by atoms with E-state index in [0.717, 1.165) is 22.4 Å². The van der Waals surface area contributed by atoms with E-state index in [0.29, 0.717) is 29.5 Å². The molecule has 0 amide bonds. The maximum atomic E-state index is 13.2. The van der Waals surface area contributed by atoms with E-state index in [1.54, 1.807) is 14.0 Å². The maximum Gasteiger partial charge on any atom is 0.331 e. The first-order chi connectivity index (χ1) is 27.7. The Morgan fingerprint density at radius 2 is 1.61 bits per heavy atom. The van der Waals surface area contributed by atoms with Gasteiger partial charge < -0.3 is 23.3 Å². The average Bonchev–Trinajstić information content (AvgIpc) is 3.41. The molecule has 1 N–H and O–H groups in total. The van der Waals surface area contributed by atoms with E-state index in [1.807, 2.05) is 49.4 Å². The highest BCUT2D eigenvalue weighted by Gasteiger charge is 2.41. The Bertz CT molecular complexity index is 2100. The van der Waals surface area contributed by atoms with Crippen LogP contribution >= 0.6 is 8.53 Å². The summed E-state index contributed by atoms with van der Waals surface area (Å²) in [6, 6.07) is 29.2. The summed E-state index contributed by atoms with van der Waals surface area (Å²) in [6.45, 7) is 8.61. The second kappa shape index (κ2) is 19.6. The summed E-state index contributed by atoms with van der Waals surface area (Å²) in [7, 11) is -0.0285. The van der Waals surface area contributed by atoms with Crippen LogP contribution in [0.5, 0.6) is 5.75 Å². The van der Waals surface area contributed by atoms with Crippen molar-refractivity contribution in [3.63, 3.8) is 0 Å². The highest BCUT2D eigenvalue weighted by atomic mass is 31.2. The Morgan fingerprint density at radius 1 is 0.965 bits per heavy atom. The highest BCUT2D eigenvalue weighted by Crippen LogP contribution is 2.50. The van der Waals surface area contributed by atoms with Crippen LogP contribution < -0.4 is 16.0 Å². The smallest absolute Gasteiger partial charge is 0.331 e. The number of aryl methyl sites for hydroxylation is 1. The molecule has 1 aromatic heterocycles. The first kappa shape index (κ1) is 41.9. The number of ether oxygens (including phenoxy) is 3.